The molecule has 0 radical (unpaired) electrons. The van der Waals surface area contributed by atoms with Crippen LogP contribution in [0, 0.1) is 13.8 Å². The monoisotopic (exact) mass is 528 g/mol. The topological polar surface area (TPSA) is 90.0 Å². The van der Waals surface area contributed by atoms with Crippen LogP contribution in [0.5, 0.6) is 0 Å². The molecule has 0 heterocycles. The minimum Gasteiger partial charge on any atom is -0.357 e. The van der Waals surface area contributed by atoms with Crippen molar-refractivity contribution in [1.29, 1.82) is 0 Å². The summed E-state index contributed by atoms with van der Waals surface area (Å²) in [4.78, 5) is 27.3. The molecule has 2 aromatic carbocycles. The Morgan fingerprint density at radius 1 is 1.06 bits per heavy atom. The van der Waals surface area contributed by atoms with Gasteiger partial charge in [-0.2, -0.15) is 12.7 Å². The van der Waals surface area contributed by atoms with Crippen molar-refractivity contribution >= 4 is 50.9 Å². The van der Waals surface area contributed by atoms with Crippen molar-refractivity contribution in [3.05, 3.63) is 63.1 Å². The first-order chi connectivity index (χ1) is 15.8. The highest BCUT2D eigenvalue weighted by molar-refractivity contribution is 7.90. The van der Waals surface area contributed by atoms with E-state index in [-0.39, 0.29) is 6.54 Å². The van der Waals surface area contributed by atoms with E-state index in [0.717, 1.165) is 14.2 Å². The lowest BCUT2D eigenvalue weighted by atomic mass is 10.1. The van der Waals surface area contributed by atoms with E-state index < -0.39 is 34.6 Å². The molecule has 0 fully saturated rings. The number of nitrogens with one attached hydrogen (secondary N) is 1. The summed E-state index contributed by atoms with van der Waals surface area (Å²) in [5.41, 5.74) is 2.49. The zero-order valence-electron chi connectivity index (χ0n) is 20.1. The summed E-state index contributed by atoms with van der Waals surface area (Å²) in [6, 6.07) is 9.34. The molecule has 11 heteroatoms. The predicted molar refractivity (Wildman–Crippen MR) is 136 cm³/mol. The molecular formula is C23H30Cl2N4O4S. The van der Waals surface area contributed by atoms with E-state index in [4.69, 9.17) is 23.2 Å². The number of anilines is 1. The van der Waals surface area contributed by atoms with Gasteiger partial charge in [0.25, 0.3) is 0 Å². The quantitative estimate of drug-likeness (QED) is 0.540. The van der Waals surface area contributed by atoms with Crippen molar-refractivity contribution in [3.8, 4) is 0 Å². The smallest absolute Gasteiger partial charge is 0.304 e. The fourth-order valence-corrected chi connectivity index (χ4v) is 4.90. The molecule has 1 atom stereocenters. The van der Waals surface area contributed by atoms with Gasteiger partial charge in [0, 0.05) is 37.7 Å². The van der Waals surface area contributed by atoms with Crippen LogP contribution in [0.25, 0.3) is 0 Å². The Hall–Kier alpha value is -2.33. The van der Waals surface area contributed by atoms with Gasteiger partial charge in [-0.25, -0.2) is 4.31 Å². The number of halogens is 2. The molecule has 2 aromatic rings. The number of amides is 2. The number of aryl methyl sites for hydroxylation is 2. The standard InChI is InChI=1S/C23H30Cl2N4O4S/c1-15-7-8-16(2)21(11-15)29(34(32,33)27(5)6)14-22(30)28(17(3)23(31)26-4)13-18-9-10-19(24)12-20(18)25/h7-12,17H,13-14H2,1-6H3,(H,26,31)/t17-/m1/s1. The van der Waals surface area contributed by atoms with Crippen molar-refractivity contribution in [2.45, 2.75) is 33.4 Å². The molecule has 0 aliphatic carbocycles. The molecule has 0 aliphatic rings. The molecule has 1 N–H and O–H groups in total. The second-order valence-corrected chi connectivity index (χ2v) is 11.0. The lowest BCUT2D eigenvalue weighted by molar-refractivity contribution is -0.139. The van der Waals surface area contributed by atoms with Crippen molar-refractivity contribution in [2.75, 3.05) is 32.0 Å². The highest BCUT2D eigenvalue weighted by atomic mass is 35.5. The van der Waals surface area contributed by atoms with Crippen LogP contribution in [0.15, 0.2) is 36.4 Å². The lowest BCUT2D eigenvalue weighted by Crippen LogP contribution is -2.52. The van der Waals surface area contributed by atoms with E-state index in [1.54, 1.807) is 44.2 Å². The molecule has 0 saturated carbocycles. The second kappa shape index (κ2) is 11.4. The number of hydrogen-bond acceptors (Lipinski definition) is 4. The third kappa shape index (κ3) is 6.41. The summed E-state index contributed by atoms with van der Waals surface area (Å²) in [5.74, 6) is -0.958. The number of benzene rings is 2. The van der Waals surface area contributed by atoms with E-state index >= 15 is 0 Å². The maximum Gasteiger partial charge on any atom is 0.304 e. The first-order valence-electron chi connectivity index (χ1n) is 10.5. The Balaban J connectivity index is 2.53. The highest BCUT2D eigenvalue weighted by Crippen LogP contribution is 2.27. The SMILES string of the molecule is CNC(=O)[C@@H](C)N(Cc1ccc(Cl)cc1Cl)C(=O)CN(c1cc(C)ccc1C)S(=O)(=O)N(C)C. The zero-order valence-corrected chi connectivity index (χ0v) is 22.4. The van der Waals surface area contributed by atoms with Gasteiger partial charge in [0.1, 0.15) is 12.6 Å². The van der Waals surface area contributed by atoms with Crippen molar-refractivity contribution < 1.29 is 18.0 Å². The van der Waals surface area contributed by atoms with Gasteiger partial charge in [-0.15, -0.1) is 0 Å². The number of carbonyl (C=O) groups excluding carboxylic acids is 2. The van der Waals surface area contributed by atoms with Gasteiger partial charge in [0.05, 0.1) is 5.69 Å². The Labute approximate surface area is 211 Å². The molecule has 0 bridgehead atoms. The molecule has 0 unspecified atom stereocenters. The molecule has 8 nitrogen and oxygen atoms in total. The summed E-state index contributed by atoms with van der Waals surface area (Å²) in [5, 5.41) is 3.30. The third-order valence-electron chi connectivity index (χ3n) is 5.42. The van der Waals surface area contributed by atoms with Gasteiger partial charge >= 0.3 is 10.2 Å². The van der Waals surface area contributed by atoms with E-state index in [2.05, 4.69) is 5.32 Å². The normalized spacial score (nSPS) is 12.4. The minimum atomic E-state index is -4.02. The van der Waals surface area contributed by atoms with Crippen LogP contribution >= 0.6 is 23.2 Å². The number of nitrogens with zero attached hydrogens (tertiary/aromatic N) is 3. The molecular weight excluding hydrogens is 499 g/mol. The van der Waals surface area contributed by atoms with Crippen LogP contribution in [0.2, 0.25) is 10.0 Å². The van der Waals surface area contributed by atoms with E-state index in [1.807, 2.05) is 13.0 Å². The second-order valence-electron chi connectivity index (χ2n) is 8.13. The Morgan fingerprint density at radius 2 is 1.71 bits per heavy atom. The molecule has 0 saturated heterocycles. The largest absolute Gasteiger partial charge is 0.357 e. The minimum absolute atomic E-state index is 0.00786. The highest BCUT2D eigenvalue weighted by Gasteiger charge is 2.33. The van der Waals surface area contributed by atoms with Crippen LogP contribution < -0.4 is 9.62 Å². The molecule has 0 aromatic heterocycles. The zero-order chi connectivity index (χ0) is 25.8. The van der Waals surface area contributed by atoms with Crippen LogP contribution in [0.1, 0.15) is 23.6 Å². The fraction of sp³-hybridized carbons (Fsp3) is 0.391. The van der Waals surface area contributed by atoms with Crippen molar-refractivity contribution in [3.63, 3.8) is 0 Å². The van der Waals surface area contributed by atoms with E-state index in [1.165, 1.54) is 26.0 Å². The summed E-state index contributed by atoms with van der Waals surface area (Å²) in [7, 11) is 0.243. The number of carbonyl (C=O) groups is 2. The van der Waals surface area contributed by atoms with Crippen molar-refractivity contribution in [2.24, 2.45) is 0 Å². The third-order valence-corrected chi connectivity index (χ3v) is 7.81. The molecule has 0 spiro atoms. The van der Waals surface area contributed by atoms with Gasteiger partial charge in [0.15, 0.2) is 0 Å². The van der Waals surface area contributed by atoms with Crippen LogP contribution in [-0.4, -0.2) is 63.2 Å². The first kappa shape index (κ1) is 27.9. The van der Waals surface area contributed by atoms with Gasteiger partial charge < -0.3 is 10.2 Å². The predicted octanol–water partition coefficient (Wildman–Crippen LogP) is 3.39. The Bertz CT molecular complexity index is 1170. The average Bonchev–Trinajstić information content (AvgIpc) is 2.77. The lowest BCUT2D eigenvalue weighted by Gasteiger charge is -2.33. The van der Waals surface area contributed by atoms with Gasteiger partial charge in [-0.05, 0) is 55.7 Å². The maximum atomic E-state index is 13.6. The molecule has 0 aliphatic heterocycles. The van der Waals surface area contributed by atoms with Gasteiger partial charge in [-0.3, -0.25) is 9.59 Å². The Kier molecular flexibility index (Phi) is 9.36. The fourth-order valence-electron chi connectivity index (χ4n) is 3.31. The average molecular weight is 529 g/mol. The summed E-state index contributed by atoms with van der Waals surface area (Å²) < 4.78 is 28.6. The summed E-state index contributed by atoms with van der Waals surface area (Å²) in [6.45, 7) is 4.68. The van der Waals surface area contributed by atoms with E-state index in [0.29, 0.717) is 26.9 Å². The van der Waals surface area contributed by atoms with Gasteiger partial charge in [-0.1, -0.05) is 41.4 Å². The van der Waals surface area contributed by atoms with Crippen LogP contribution in [0.3, 0.4) is 0 Å². The number of rotatable bonds is 9. The van der Waals surface area contributed by atoms with Crippen LogP contribution in [0.4, 0.5) is 5.69 Å². The molecule has 2 rings (SSSR count). The van der Waals surface area contributed by atoms with E-state index in [9.17, 15) is 18.0 Å². The van der Waals surface area contributed by atoms with Crippen molar-refractivity contribution in [1.82, 2.24) is 14.5 Å². The molecule has 186 valence electrons. The Morgan fingerprint density at radius 3 is 2.26 bits per heavy atom. The number of hydrogen-bond donors (Lipinski definition) is 1. The first-order valence-corrected chi connectivity index (χ1v) is 12.7. The maximum absolute atomic E-state index is 13.6. The molecule has 2 amide bonds. The number of likely N-dealkylation sites (N-methyl/N-ethyl adjacent to an activating group) is 1. The summed E-state index contributed by atoms with van der Waals surface area (Å²) >= 11 is 12.3. The summed E-state index contributed by atoms with van der Waals surface area (Å²) in [6.07, 6.45) is 0. The molecule has 34 heavy (non-hydrogen) atoms. The van der Waals surface area contributed by atoms with Gasteiger partial charge in [0.2, 0.25) is 11.8 Å². The van der Waals surface area contributed by atoms with Crippen LogP contribution in [-0.2, 0) is 26.3 Å².